The Morgan fingerprint density at radius 1 is 1.19 bits per heavy atom. The van der Waals surface area contributed by atoms with Gasteiger partial charge in [-0.3, -0.25) is 19.3 Å². The van der Waals surface area contributed by atoms with Crippen LogP contribution in [0.15, 0.2) is 18.2 Å². The van der Waals surface area contributed by atoms with E-state index in [0.29, 0.717) is 18.4 Å². The van der Waals surface area contributed by atoms with E-state index in [-0.39, 0.29) is 16.5 Å². The molecule has 2 aliphatic rings. The van der Waals surface area contributed by atoms with E-state index in [1.807, 2.05) is 0 Å². The molecule has 2 N–H and O–H groups in total. The number of imide groups is 1. The molecule has 1 saturated carbocycles. The second-order valence-electron chi connectivity index (χ2n) is 5.50. The number of hydrogen-bond donors (Lipinski definition) is 1. The Labute approximate surface area is 127 Å². The Bertz CT molecular complexity index is 644. The molecule has 3 amide bonds. The Hall–Kier alpha value is -1.88. The summed E-state index contributed by atoms with van der Waals surface area (Å²) in [5, 5.41) is 0.264. The average Bonchev–Trinajstić information content (AvgIpc) is 2.72. The SMILES string of the molecule is NC(=O)C1CCCCC1N1C(=O)c2cccc(Cl)c2C1=O. The highest BCUT2D eigenvalue weighted by molar-refractivity contribution is 6.37. The molecule has 5 nitrogen and oxygen atoms in total. The average molecular weight is 307 g/mol. The molecule has 1 aromatic rings. The fraction of sp³-hybridized carbons (Fsp3) is 0.400. The summed E-state index contributed by atoms with van der Waals surface area (Å²) in [6, 6.07) is 4.35. The summed E-state index contributed by atoms with van der Waals surface area (Å²) in [7, 11) is 0. The van der Waals surface area contributed by atoms with Crippen LogP contribution in [0.5, 0.6) is 0 Å². The van der Waals surface area contributed by atoms with Gasteiger partial charge in [0.05, 0.1) is 28.1 Å². The number of amides is 3. The molecule has 0 spiro atoms. The monoisotopic (exact) mass is 306 g/mol. The smallest absolute Gasteiger partial charge is 0.263 e. The molecule has 2 unspecified atom stereocenters. The van der Waals surface area contributed by atoms with E-state index >= 15 is 0 Å². The Morgan fingerprint density at radius 2 is 1.90 bits per heavy atom. The lowest BCUT2D eigenvalue weighted by Gasteiger charge is -2.34. The number of benzene rings is 1. The van der Waals surface area contributed by atoms with E-state index in [0.717, 1.165) is 12.8 Å². The van der Waals surface area contributed by atoms with Crippen molar-refractivity contribution in [1.82, 2.24) is 4.90 Å². The maximum Gasteiger partial charge on any atom is 0.263 e. The zero-order valence-electron chi connectivity index (χ0n) is 11.3. The molecule has 0 aromatic heterocycles. The van der Waals surface area contributed by atoms with Gasteiger partial charge in [0, 0.05) is 0 Å². The van der Waals surface area contributed by atoms with Crippen LogP contribution in [-0.4, -0.2) is 28.7 Å². The van der Waals surface area contributed by atoms with Crippen LogP contribution >= 0.6 is 11.6 Å². The van der Waals surface area contributed by atoms with E-state index in [4.69, 9.17) is 17.3 Å². The minimum atomic E-state index is -0.472. The first-order valence-electron chi connectivity index (χ1n) is 6.98. The first kappa shape index (κ1) is 14.1. The lowest BCUT2D eigenvalue weighted by Crippen LogP contribution is -2.49. The largest absolute Gasteiger partial charge is 0.369 e. The van der Waals surface area contributed by atoms with Crippen LogP contribution in [0.2, 0.25) is 5.02 Å². The van der Waals surface area contributed by atoms with E-state index in [1.165, 1.54) is 4.90 Å². The zero-order valence-corrected chi connectivity index (χ0v) is 12.1. The topological polar surface area (TPSA) is 80.5 Å². The molecule has 1 fully saturated rings. The van der Waals surface area contributed by atoms with E-state index in [2.05, 4.69) is 0 Å². The lowest BCUT2D eigenvalue weighted by atomic mass is 9.83. The predicted octanol–water partition coefficient (Wildman–Crippen LogP) is 1.98. The molecule has 0 bridgehead atoms. The molecule has 3 rings (SSSR count). The van der Waals surface area contributed by atoms with Gasteiger partial charge in [0.2, 0.25) is 5.91 Å². The summed E-state index contributed by atoms with van der Waals surface area (Å²) in [6.07, 6.45) is 2.97. The summed E-state index contributed by atoms with van der Waals surface area (Å²) in [6.45, 7) is 0. The van der Waals surface area contributed by atoms with Gasteiger partial charge in [-0.1, -0.05) is 30.5 Å². The maximum atomic E-state index is 12.6. The van der Waals surface area contributed by atoms with Crippen LogP contribution in [0.1, 0.15) is 46.4 Å². The van der Waals surface area contributed by atoms with Gasteiger partial charge in [-0.05, 0) is 25.0 Å². The summed E-state index contributed by atoms with van der Waals surface area (Å²) >= 11 is 6.04. The van der Waals surface area contributed by atoms with Crippen molar-refractivity contribution in [1.29, 1.82) is 0 Å². The maximum absolute atomic E-state index is 12.6. The molecular formula is C15H15ClN2O3. The third-order valence-corrected chi connectivity index (χ3v) is 4.64. The summed E-state index contributed by atoms with van der Waals surface area (Å²) in [5.41, 5.74) is 5.98. The molecule has 1 aliphatic carbocycles. The second-order valence-corrected chi connectivity index (χ2v) is 5.91. The minimum Gasteiger partial charge on any atom is -0.369 e. The molecule has 2 atom stereocenters. The minimum absolute atomic E-state index is 0.234. The number of halogens is 1. The van der Waals surface area contributed by atoms with Crippen molar-refractivity contribution in [2.75, 3.05) is 0 Å². The van der Waals surface area contributed by atoms with E-state index < -0.39 is 23.8 Å². The molecule has 1 aromatic carbocycles. The molecule has 110 valence electrons. The number of primary amides is 1. The molecule has 0 saturated heterocycles. The highest BCUT2D eigenvalue weighted by atomic mass is 35.5. The fourth-order valence-electron chi connectivity index (χ4n) is 3.32. The third kappa shape index (κ3) is 2.12. The standard InChI is InChI=1S/C15H15ClN2O3/c16-10-6-3-5-9-12(10)15(21)18(14(9)20)11-7-2-1-4-8(11)13(17)19/h3,5-6,8,11H,1-2,4,7H2,(H2,17,19). The molecule has 1 aliphatic heterocycles. The van der Waals surface area contributed by atoms with Crippen LogP contribution in [0.4, 0.5) is 0 Å². The van der Waals surface area contributed by atoms with Gasteiger partial charge < -0.3 is 5.73 Å². The van der Waals surface area contributed by atoms with Gasteiger partial charge >= 0.3 is 0 Å². The normalized spacial score (nSPS) is 25.1. The van der Waals surface area contributed by atoms with Crippen molar-refractivity contribution in [3.63, 3.8) is 0 Å². The number of nitrogens with two attached hydrogens (primary N) is 1. The first-order valence-corrected chi connectivity index (χ1v) is 7.36. The van der Waals surface area contributed by atoms with Gasteiger partial charge in [-0.15, -0.1) is 0 Å². The van der Waals surface area contributed by atoms with Crippen LogP contribution in [0, 0.1) is 5.92 Å². The molecule has 21 heavy (non-hydrogen) atoms. The predicted molar refractivity (Wildman–Crippen MR) is 76.9 cm³/mol. The van der Waals surface area contributed by atoms with Gasteiger partial charge in [-0.25, -0.2) is 0 Å². The van der Waals surface area contributed by atoms with Gasteiger partial charge in [0.25, 0.3) is 11.8 Å². The summed E-state index contributed by atoms with van der Waals surface area (Å²) in [5.74, 6) is -1.73. The van der Waals surface area contributed by atoms with Crippen LogP contribution in [0.3, 0.4) is 0 Å². The Kier molecular flexibility index (Phi) is 3.45. The third-order valence-electron chi connectivity index (χ3n) is 4.32. The number of nitrogens with zero attached hydrogens (tertiary/aromatic N) is 1. The quantitative estimate of drug-likeness (QED) is 0.848. The van der Waals surface area contributed by atoms with Crippen LogP contribution in [-0.2, 0) is 4.79 Å². The van der Waals surface area contributed by atoms with Crippen molar-refractivity contribution < 1.29 is 14.4 Å². The van der Waals surface area contributed by atoms with Crippen molar-refractivity contribution in [3.8, 4) is 0 Å². The summed E-state index contributed by atoms with van der Waals surface area (Å²) in [4.78, 5) is 37.9. The number of carbonyl (C=O) groups excluding carboxylic acids is 3. The van der Waals surface area contributed by atoms with Crippen molar-refractivity contribution >= 4 is 29.3 Å². The molecule has 6 heteroatoms. The van der Waals surface area contributed by atoms with Crippen molar-refractivity contribution in [3.05, 3.63) is 34.3 Å². The number of carbonyl (C=O) groups is 3. The molecule has 0 radical (unpaired) electrons. The van der Waals surface area contributed by atoms with Crippen LogP contribution < -0.4 is 5.73 Å². The summed E-state index contributed by atoms with van der Waals surface area (Å²) < 4.78 is 0. The number of rotatable bonds is 2. The van der Waals surface area contributed by atoms with Gasteiger partial charge in [-0.2, -0.15) is 0 Å². The van der Waals surface area contributed by atoms with Crippen LogP contribution in [0.25, 0.3) is 0 Å². The highest BCUT2D eigenvalue weighted by Gasteiger charge is 2.45. The second kappa shape index (κ2) is 5.15. The Balaban J connectivity index is 2.01. The van der Waals surface area contributed by atoms with Crippen molar-refractivity contribution in [2.24, 2.45) is 11.7 Å². The zero-order chi connectivity index (χ0) is 15.1. The number of hydrogen-bond acceptors (Lipinski definition) is 3. The molecular weight excluding hydrogens is 292 g/mol. The van der Waals surface area contributed by atoms with E-state index in [9.17, 15) is 14.4 Å². The Morgan fingerprint density at radius 3 is 2.57 bits per heavy atom. The molecule has 1 heterocycles. The lowest BCUT2D eigenvalue weighted by molar-refractivity contribution is -0.124. The van der Waals surface area contributed by atoms with Gasteiger partial charge in [0.15, 0.2) is 0 Å². The van der Waals surface area contributed by atoms with Gasteiger partial charge in [0.1, 0.15) is 0 Å². The van der Waals surface area contributed by atoms with Crippen molar-refractivity contribution in [2.45, 2.75) is 31.7 Å². The van der Waals surface area contributed by atoms with E-state index in [1.54, 1.807) is 18.2 Å². The highest BCUT2D eigenvalue weighted by Crippen LogP contribution is 2.36. The fourth-order valence-corrected chi connectivity index (χ4v) is 3.57. The first-order chi connectivity index (χ1) is 10.0. The number of fused-ring (bicyclic) bond motifs is 1.